The van der Waals surface area contributed by atoms with E-state index in [2.05, 4.69) is 323 Å². The zero-order valence-corrected chi connectivity index (χ0v) is 42.7. The number of hydrogen-bond acceptors (Lipinski definition) is 6. The van der Waals surface area contributed by atoms with E-state index >= 15 is 0 Å². The molecule has 0 saturated heterocycles. The molecule has 0 aliphatic carbocycles. The van der Waals surface area contributed by atoms with Crippen molar-refractivity contribution in [2.75, 3.05) is 19.6 Å². The number of benzene rings is 12. The topological polar surface area (TPSA) is 38.7 Å². The number of anilines is 12. The summed E-state index contributed by atoms with van der Waals surface area (Å²) >= 11 is 0. The third-order valence-electron chi connectivity index (χ3n) is 14.3. The van der Waals surface area contributed by atoms with Crippen molar-refractivity contribution in [1.82, 2.24) is 9.97 Å². The molecule has 0 fully saturated rings. The first-order valence-corrected chi connectivity index (χ1v) is 26.3. The van der Waals surface area contributed by atoms with E-state index < -0.39 is 0 Å². The third kappa shape index (κ3) is 9.35. The quantitative estimate of drug-likeness (QED) is 0.108. The second kappa shape index (κ2) is 21.4. The molecule has 0 unspecified atom stereocenters. The lowest BCUT2D eigenvalue weighted by atomic mass is 10.0. The van der Waals surface area contributed by atoms with Crippen LogP contribution in [0.4, 0.5) is 68.2 Å². The monoisotopic (exact) mass is 1000 g/mol. The van der Waals surface area contributed by atoms with Gasteiger partial charge >= 0.3 is 0 Å². The zero-order valence-electron chi connectivity index (χ0n) is 42.7. The molecule has 78 heavy (non-hydrogen) atoms. The molecular weight excluding hydrogens is 949 g/mol. The van der Waals surface area contributed by atoms with Crippen molar-refractivity contribution in [3.05, 3.63) is 316 Å². The largest absolute Gasteiger partial charge is 0.311 e. The molecule has 13 rings (SSSR count). The van der Waals surface area contributed by atoms with E-state index in [1.54, 1.807) is 12.4 Å². The van der Waals surface area contributed by atoms with Crippen molar-refractivity contribution in [3.63, 3.8) is 0 Å². The van der Waals surface area contributed by atoms with Crippen LogP contribution in [0, 0.1) is 0 Å². The molecule has 0 atom stereocenters. The van der Waals surface area contributed by atoms with Gasteiger partial charge in [-0.25, -0.2) is 0 Å². The normalized spacial score (nSPS) is 11.1. The highest BCUT2D eigenvalue weighted by atomic mass is 15.2. The number of hydrogen-bond donors (Lipinski definition) is 0. The summed E-state index contributed by atoms with van der Waals surface area (Å²) in [6, 6.07) is 107. The summed E-state index contributed by atoms with van der Waals surface area (Å²) in [5, 5.41) is 4.68. The molecule has 0 amide bonds. The summed E-state index contributed by atoms with van der Waals surface area (Å²) in [5.74, 6) is 0. The number of rotatable bonds is 14. The van der Waals surface area contributed by atoms with E-state index in [0.29, 0.717) is 0 Å². The van der Waals surface area contributed by atoms with Gasteiger partial charge in [-0.2, -0.15) is 0 Å². The first-order valence-electron chi connectivity index (χ1n) is 26.3. The highest BCUT2D eigenvalue weighted by molar-refractivity contribution is 6.01. The summed E-state index contributed by atoms with van der Waals surface area (Å²) in [6.07, 6.45) is 3.56. The molecule has 0 spiro atoms. The lowest BCUT2D eigenvalue weighted by molar-refractivity contribution is 1.21. The molecule has 6 heteroatoms. The molecule has 0 saturated carbocycles. The van der Waals surface area contributed by atoms with Gasteiger partial charge in [-0.05, 0) is 144 Å². The molecule has 0 radical (unpaired) electrons. The Labute approximate surface area is 455 Å². The van der Waals surface area contributed by atoms with Crippen molar-refractivity contribution in [3.8, 4) is 22.5 Å². The fourth-order valence-electron chi connectivity index (χ4n) is 10.7. The van der Waals surface area contributed by atoms with Gasteiger partial charge in [-0.15, -0.1) is 0 Å². The Kier molecular flexibility index (Phi) is 12.9. The predicted molar refractivity (Wildman–Crippen MR) is 327 cm³/mol. The minimum absolute atomic E-state index is 0.808. The number of nitrogens with zero attached hydrogens (tertiary/aromatic N) is 6. The lowest BCUT2D eigenvalue weighted by Crippen LogP contribution is -2.12. The minimum Gasteiger partial charge on any atom is -0.311 e. The SMILES string of the molecule is c1ccc(N(c2ccccc2)c2ccc(N(c3ccc(-c4nccnc4-c4ccc(N(c5ccc(N(c6ccccc6)c6ccccc6)cc5)c5cccc6ccccc56)cc4)cc3)c3cccc4ccccc34)cc2)cc1. The number of aromatic nitrogens is 2. The molecule has 12 aromatic carbocycles. The van der Waals surface area contributed by atoms with Crippen LogP contribution in [-0.2, 0) is 0 Å². The maximum atomic E-state index is 4.99. The highest BCUT2D eigenvalue weighted by Crippen LogP contribution is 2.45. The van der Waals surface area contributed by atoms with Gasteiger partial charge in [0.1, 0.15) is 0 Å². The molecule has 6 nitrogen and oxygen atoms in total. The van der Waals surface area contributed by atoms with Gasteiger partial charge < -0.3 is 19.6 Å². The third-order valence-corrected chi connectivity index (χ3v) is 14.3. The van der Waals surface area contributed by atoms with Crippen LogP contribution in [0.15, 0.2) is 316 Å². The molecule has 0 N–H and O–H groups in total. The van der Waals surface area contributed by atoms with Crippen LogP contribution in [0.1, 0.15) is 0 Å². The second-order valence-electron chi connectivity index (χ2n) is 19.1. The van der Waals surface area contributed by atoms with Gasteiger partial charge in [0.2, 0.25) is 0 Å². The Balaban J connectivity index is 0.845. The Morgan fingerprint density at radius 3 is 0.756 bits per heavy atom. The summed E-state index contributed by atoms with van der Waals surface area (Å²) in [4.78, 5) is 19.3. The molecule has 0 bridgehead atoms. The lowest BCUT2D eigenvalue weighted by Gasteiger charge is -2.29. The second-order valence-corrected chi connectivity index (χ2v) is 19.1. The first kappa shape index (κ1) is 47.2. The smallest absolute Gasteiger partial charge is 0.0965 e. The summed E-state index contributed by atoms with van der Waals surface area (Å²) < 4.78 is 0. The molecule has 13 aromatic rings. The van der Waals surface area contributed by atoms with E-state index in [0.717, 1.165) is 102 Å². The van der Waals surface area contributed by atoms with Gasteiger partial charge in [0.05, 0.1) is 22.8 Å². The van der Waals surface area contributed by atoms with Crippen LogP contribution in [-0.4, -0.2) is 9.97 Å². The fourth-order valence-corrected chi connectivity index (χ4v) is 10.7. The summed E-state index contributed by atoms with van der Waals surface area (Å²) in [6.45, 7) is 0. The van der Waals surface area contributed by atoms with Crippen LogP contribution in [0.25, 0.3) is 44.1 Å². The van der Waals surface area contributed by atoms with Crippen molar-refractivity contribution in [2.24, 2.45) is 0 Å². The fraction of sp³-hybridized carbons (Fsp3) is 0. The van der Waals surface area contributed by atoms with Crippen molar-refractivity contribution >= 4 is 89.8 Å². The molecular formula is C72H52N6. The summed E-state index contributed by atoms with van der Waals surface area (Å²) in [7, 11) is 0. The maximum Gasteiger partial charge on any atom is 0.0965 e. The van der Waals surface area contributed by atoms with Gasteiger partial charge in [0, 0.05) is 91.2 Å². The molecule has 1 heterocycles. The van der Waals surface area contributed by atoms with Gasteiger partial charge in [0.15, 0.2) is 0 Å². The minimum atomic E-state index is 0.808. The van der Waals surface area contributed by atoms with Crippen LogP contribution in [0.3, 0.4) is 0 Å². The number of para-hydroxylation sites is 4. The van der Waals surface area contributed by atoms with E-state index in [1.807, 2.05) is 0 Å². The van der Waals surface area contributed by atoms with Crippen molar-refractivity contribution < 1.29 is 0 Å². The zero-order chi connectivity index (χ0) is 52.0. The van der Waals surface area contributed by atoms with Gasteiger partial charge in [-0.3, -0.25) is 9.97 Å². The van der Waals surface area contributed by atoms with Gasteiger partial charge in [0.25, 0.3) is 0 Å². The maximum absolute atomic E-state index is 4.99. The van der Waals surface area contributed by atoms with Crippen LogP contribution < -0.4 is 19.6 Å². The van der Waals surface area contributed by atoms with Crippen LogP contribution in [0.5, 0.6) is 0 Å². The standard InChI is InChI=1S/C72H52N6/c1-5-23-57(24-6-1)75(58-25-7-2-8-26-58)61-43-47-65(48-44-61)77(69-33-17-21-53-19-13-15-31-67(53)69)63-39-35-55(36-40-63)71-72(74-52-51-73-71)56-37-41-64(42-38-56)78(70-34-18-22-54-20-14-16-32-68(54)70)66-49-45-62(46-50-66)76(59-27-9-3-10-28-59)60-29-11-4-12-30-60/h1-52H. The average Bonchev–Trinajstić information content (AvgIpc) is 3.59. The van der Waals surface area contributed by atoms with E-state index in [4.69, 9.17) is 9.97 Å². The van der Waals surface area contributed by atoms with E-state index in [-0.39, 0.29) is 0 Å². The highest BCUT2D eigenvalue weighted by Gasteiger charge is 2.21. The van der Waals surface area contributed by atoms with Crippen LogP contribution in [0.2, 0.25) is 0 Å². The molecule has 0 aliphatic heterocycles. The number of fused-ring (bicyclic) bond motifs is 2. The first-order chi connectivity index (χ1) is 38.7. The van der Waals surface area contributed by atoms with Crippen molar-refractivity contribution in [1.29, 1.82) is 0 Å². The van der Waals surface area contributed by atoms with E-state index in [1.165, 1.54) is 10.8 Å². The van der Waals surface area contributed by atoms with Crippen molar-refractivity contribution in [2.45, 2.75) is 0 Å². The van der Waals surface area contributed by atoms with Gasteiger partial charge in [-0.1, -0.05) is 170 Å². The molecule has 370 valence electrons. The Bertz CT molecular complexity index is 3760. The Morgan fingerprint density at radius 1 is 0.192 bits per heavy atom. The predicted octanol–water partition coefficient (Wildman–Crippen LogP) is 20.0. The van der Waals surface area contributed by atoms with Crippen LogP contribution >= 0.6 is 0 Å². The Hall–Kier alpha value is -10.6. The Morgan fingerprint density at radius 2 is 0.436 bits per heavy atom. The molecule has 0 aliphatic rings. The van der Waals surface area contributed by atoms with E-state index in [9.17, 15) is 0 Å². The molecule has 1 aromatic heterocycles. The average molecular weight is 1000 g/mol. The summed E-state index contributed by atoms with van der Waals surface area (Å²) in [5.41, 5.74) is 16.4.